The average molecular weight is 258 g/mol. The highest BCUT2D eigenvalue weighted by Gasteiger charge is 2.36. The van der Waals surface area contributed by atoms with Gasteiger partial charge in [-0.25, -0.2) is 0 Å². The Morgan fingerprint density at radius 1 is 1.26 bits per heavy atom. The highest BCUT2D eigenvalue weighted by atomic mass is 16.6. The van der Waals surface area contributed by atoms with Gasteiger partial charge in [-0.05, 0) is 25.0 Å². The van der Waals surface area contributed by atoms with Crippen LogP contribution >= 0.6 is 0 Å². The Bertz CT molecular complexity index is 572. The molecule has 0 spiro atoms. The molecule has 1 aromatic carbocycles. The van der Waals surface area contributed by atoms with Crippen LogP contribution in [0.4, 0.5) is 5.69 Å². The molecule has 3 saturated heterocycles. The summed E-state index contributed by atoms with van der Waals surface area (Å²) in [7, 11) is 0. The summed E-state index contributed by atoms with van der Waals surface area (Å²) in [5.41, 5.74) is 1.19. The molecular weight excluding hydrogens is 244 g/mol. The van der Waals surface area contributed by atoms with Crippen LogP contribution < -0.4 is 0 Å². The number of allylic oxidation sites excluding steroid dienone is 1. The Morgan fingerprint density at radius 2 is 1.95 bits per heavy atom. The molecule has 0 radical (unpaired) electrons. The van der Waals surface area contributed by atoms with E-state index in [0.29, 0.717) is 11.3 Å². The van der Waals surface area contributed by atoms with E-state index in [1.807, 2.05) is 4.90 Å². The van der Waals surface area contributed by atoms with Gasteiger partial charge < -0.3 is 4.90 Å². The number of para-hydroxylation sites is 1. The van der Waals surface area contributed by atoms with Crippen molar-refractivity contribution in [1.82, 2.24) is 4.90 Å². The number of carbonyl (C=O) groups excluding carboxylic acids is 1. The molecule has 0 unspecified atom stereocenters. The Balaban J connectivity index is 2.02. The van der Waals surface area contributed by atoms with Crippen LogP contribution in [-0.2, 0) is 4.79 Å². The van der Waals surface area contributed by atoms with Crippen LogP contribution in [0.1, 0.15) is 18.4 Å². The molecule has 1 aromatic rings. The van der Waals surface area contributed by atoms with Crippen molar-refractivity contribution in [2.45, 2.75) is 12.8 Å². The summed E-state index contributed by atoms with van der Waals surface area (Å²) >= 11 is 0. The first-order chi connectivity index (χ1) is 9.16. The number of carbonyl (C=O) groups is 1. The van der Waals surface area contributed by atoms with Crippen LogP contribution in [0.3, 0.4) is 0 Å². The first kappa shape index (κ1) is 11.9. The molecule has 5 heteroatoms. The van der Waals surface area contributed by atoms with Gasteiger partial charge in [0.15, 0.2) is 5.78 Å². The van der Waals surface area contributed by atoms with Crippen molar-refractivity contribution < 1.29 is 9.72 Å². The lowest BCUT2D eigenvalue weighted by Crippen LogP contribution is -2.45. The summed E-state index contributed by atoms with van der Waals surface area (Å²) in [5.74, 6) is 0.245. The summed E-state index contributed by atoms with van der Waals surface area (Å²) in [6, 6.07) is 6.53. The molecule has 3 aliphatic rings. The van der Waals surface area contributed by atoms with E-state index in [1.165, 1.54) is 6.07 Å². The summed E-state index contributed by atoms with van der Waals surface area (Å²) in [6.07, 6.45) is 3.49. The van der Waals surface area contributed by atoms with Gasteiger partial charge in [0.2, 0.25) is 0 Å². The number of fused-ring (bicyclic) bond motifs is 3. The van der Waals surface area contributed by atoms with Crippen molar-refractivity contribution in [3.63, 3.8) is 0 Å². The highest BCUT2D eigenvalue weighted by molar-refractivity contribution is 6.02. The van der Waals surface area contributed by atoms with Crippen molar-refractivity contribution in [1.29, 1.82) is 0 Å². The molecule has 0 saturated carbocycles. The zero-order valence-corrected chi connectivity index (χ0v) is 10.4. The molecule has 0 atom stereocenters. The minimum atomic E-state index is -0.409. The maximum Gasteiger partial charge on any atom is 0.276 e. The van der Waals surface area contributed by atoms with E-state index in [2.05, 4.69) is 0 Å². The molecule has 4 rings (SSSR count). The summed E-state index contributed by atoms with van der Waals surface area (Å²) in [6.45, 7) is 1.76. The fraction of sp³-hybridized carbons (Fsp3) is 0.357. The molecule has 0 aromatic heterocycles. The number of nitrogens with zero attached hydrogens (tertiary/aromatic N) is 2. The zero-order chi connectivity index (χ0) is 13.4. The third-order valence-electron chi connectivity index (χ3n) is 3.88. The number of nitro groups is 1. The van der Waals surface area contributed by atoms with Crippen LogP contribution in [-0.4, -0.2) is 28.7 Å². The number of Topliss-reactive ketones (excluding diaryl/α,β-unsaturated/α-hetero) is 1. The van der Waals surface area contributed by atoms with Gasteiger partial charge in [-0.3, -0.25) is 14.9 Å². The third kappa shape index (κ3) is 2.01. The Labute approximate surface area is 110 Å². The van der Waals surface area contributed by atoms with Gasteiger partial charge in [-0.1, -0.05) is 12.1 Å². The number of nitro benzene ring substituents is 1. The van der Waals surface area contributed by atoms with Crippen LogP contribution in [0.25, 0.3) is 6.08 Å². The largest absolute Gasteiger partial charge is 0.369 e. The van der Waals surface area contributed by atoms with Crippen LogP contribution in [0.15, 0.2) is 30.0 Å². The SMILES string of the molecule is O=C1/C(=C\c2ccccc2[N+](=O)[O-])N2CCC1CC2. The molecule has 3 fully saturated rings. The molecule has 5 nitrogen and oxygen atoms in total. The van der Waals surface area contributed by atoms with Gasteiger partial charge in [0.25, 0.3) is 5.69 Å². The number of ketones is 1. The maximum absolute atomic E-state index is 12.2. The van der Waals surface area contributed by atoms with Crippen molar-refractivity contribution in [2.75, 3.05) is 13.1 Å². The topological polar surface area (TPSA) is 63.4 Å². The normalized spacial score (nSPS) is 21.2. The number of rotatable bonds is 2. The Morgan fingerprint density at radius 3 is 2.58 bits per heavy atom. The standard InChI is InChI=1S/C14H14N2O3/c17-14-10-5-7-15(8-6-10)13(14)9-11-3-1-2-4-12(11)16(18)19/h1-4,9-10H,5-8H2/b13-9+. The van der Waals surface area contributed by atoms with E-state index in [1.54, 1.807) is 24.3 Å². The zero-order valence-electron chi connectivity index (χ0n) is 10.4. The molecular formula is C14H14N2O3. The number of hydrogen-bond acceptors (Lipinski definition) is 4. The van der Waals surface area contributed by atoms with Crippen molar-refractivity contribution in [2.24, 2.45) is 5.92 Å². The van der Waals surface area contributed by atoms with Crippen molar-refractivity contribution in [3.05, 3.63) is 45.6 Å². The monoisotopic (exact) mass is 258 g/mol. The molecule has 0 amide bonds. The summed E-state index contributed by atoms with van der Waals surface area (Å²) in [4.78, 5) is 24.8. The van der Waals surface area contributed by atoms with E-state index in [4.69, 9.17) is 0 Å². The first-order valence-corrected chi connectivity index (χ1v) is 6.41. The van der Waals surface area contributed by atoms with Gasteiger partial charge in [-0.2, -0.15) is 0 Å². The fourth-order valence-electron chi connectivity index (χ4n) is 2.83. The second kappa shape index (κ2) is 4.50. The lowest BCUT2D eigenvalue weighted by Gasteiger charge is -2.41. The molecule has 0 aliphatic carbocycles. The van der Waals surface area contributed by atoms with E-state index in [-0.39, 0.29) is 17.4 Å². The van der Waals surface area contributed by atoms with Crippen LogP contribution in [0, 0.1) is 16.0 Å². The second-order valence-electron chi connectivity index (χ2n) is 4.97. The summed E-state index contributed by atoms with van der Waals surface area (Å²) < 4.78 is 0. The number of benzene rings is 1. The highest BCUT2D eigenvalue weighted by Crippen LogP contribution is 2.33. The minimum Gasteiger partial charge on any atom is -0.369 e. The molecule has 98 valence electrons. The van der Waals surface area contributed by atoms with Crippen molar-refractivity contribution in [3.8, 4) is 0 Å². The second-order valence-corrected chi connectivity index (χ2v) is 4.97. The predicted molar refractivity (Wildman–Crippen MR) is 70.4 cm³/mol. The van der Waals surface area contributed by atoms with Crippen LogP contribution in [0.2, 0.25) is 0 Å². The van der Waals surface area contributed by atoms with E-state index in [9.17, 15) is 14.9 Å². The third-order valence-corrected chi connectivity index (χ3v) is 3.88. The van der Waals surface area contributed by atoms with E-state index < -0.39 is 4.92 Å². The molecule has 3 heterocycles. The first-order valence-electron chi connectivity index (χ1n) is 6.41. The summed E-state index contributed by atoms with van der Waals surface area (Å²) in [5, 5.41) is 11.0. The molecule has 0 N–H and O–H groups in total. The van der Waals surface area contributed by atoms with Gasteiger partial charge in [0, 0.05) is 25.1 Å². The Kier molecular flexibility index (Phi) is 2.81. The molecule has 2 bridgehead atoms. The van der Waals surface area contributed by atoms with Gasteiger partial charge in [-0.15, -0.1) is 0 Å². The van der Waals surface area contributed by atoms with Gasteiger partial charge in [0.05, 0.1) is 16.2 Å². The van der Waals surface area contributed by atoms with E-state index >= 15 is 0 Å². The lowest BCUT2D eigenvalue weighted by atomic mass is 9.84. The fourth-order valence-corrected chi connectivity index (χ4v) is 2.83. The van der Waals surface area contributed by atoms with Crippen molar-refractivity contribution >= 4 is 17.5 Å². The lowest BCUT2D eigenvalue weighted by molar-refractivity contribution is -0.385. The molecule has 19 heavy (non-hydrogen) atoms. The number of hydrogen-bond donors (Lipinski definition) is 0. The predicted octanol–water partition coefficient (Wildman–Crippen LogP) is 2.23. The maximum atomic E-state index is 12.2. The van der Waals surface area contributed by atoms with Crippen LogP contribution in [0.5, 0.6) is 0 Å². The Hall–Kier alpha value is -2.17. The quantitative estimate of drug-likeness (QED) is 0.463. The average Bonchev–Trinajstić information content (AvgIpc) is 2.43. The number of piperidine rings is 3. The smallest absolute Gasteiger partial charge is 0.276 e. The van der Waals surface area contributed by atoms with Gasteiger partial charge >= 0.3 is 0 Å². The van der Waals surface area contributed by atoms with Gasteiger partial charge in [0.1, 0.15) is 0 Å². The molecule has 3 aliphatic heterocycles. The van der Waals surface area contributed by atoms with E-state index in [0.717, 1.165) is 25.9 Å². The minimum absolute atomic E-state index is 0.0467.